The van der Waals surface area contributed by atoms with E-state index in [4.69, 9.17) is 4.42 Å². The fourth-order valence-electron chi connectivity index (χ4n) is 2.63. The quantitative estimate of drug-likeness (QED) is 0.905. The molecule has 6 heteroatoms. The van der Waals surface area contributed by atoms with Gasteiger partial charge in [-0.15, -0.1) is 0 Å². The van der Waals surface area contributed by atoms with Crippen molar-refractivity contribution in [2.45, 2.75) is 50.8 Å². The summed E-state index contributed by atoms with van der Waals surface area (Å²) in [6.07, 6.45) is 3.54. The molecule has 1 aromatic heterocycles. The lowest BCUT2D eigenvalue weighted by Gasteiger charge is -2.17. The maximum atomic E-state index is 11.9. The van der Waals surface area contributed by atoms with Gasteiger partial charge in [-0.05, 0) is 36.8 Å². The maximum Gasteiger partial charge on any atom is 0.275 e. The van der Waals surface area contributed by atoms with E-state index >= 15 is 0 Å². The summed E-state index contributed by atoms with van der Waals surface area (Å²) in [5.74, 6) is 0.662. The fourth-order valence-corrected chi connectivity index (χ4v) is 3.44. The Hall–Kier alpha value is -0.850. The van der Waals surface area contributed by atoms with Crippen molar-refractivity contribution < 1.29 is 12.8 Å². The molecule has 114 valence electrons. The highest BCUT2D eigenvalue weighted by atomic mass is 32.2. The topological polar surface area (TPSA) is 62.6 Å². The molecule has 1 heterocycles. The Balaban J connectivity index is 1.94. The number of nitrogens with zero attached hydrogens (tertiary/aromatic N) is 1. The average Bonchev–Trinajstić information content (AvgIpc) is 2.93. The maximum absolute atomic E-state index is 11.9. The van der Waals surface area contributed by atoms with Crippen LogP contribution in [0.5, 0.6) is 0 Å². The molecule has 1 aromatic rings. The second-order valence-electron chi connectivity index (χ2n) is 6.49. The highest BCUT2D eigenvalue weighted by molar-refractivity contribution is 7.88. The molecule has 2 rings (SSSR count). The van der Waals surface area contributed by atoms with Gasteiger partial charge in [-0.2, -0.15) is 0 Å². The van der Waals surface area contributed by atoms with Gasteiger partial charge < -0.3 is 9.73 Å². The zero-order valence-corrected chi connectivity index (χ0v) is 13.5. The Bertz CT molecular complexity index is 561. The monoisotopic (exact) mass is 300 g/mol. The second-order valence-corrected chi connectivity index (χ2v) is 8.58. The lowest BCUT2D eigenvalue weighted by Crippen LogP contribution is -2.26. The van der Waals surface area contributed by atoms with Crippen LogP contribution in [0.2, 0.25) is 0 Å². The van der Waals surface area contributed by atoms with Crippen molar-refractivity contribution in [3.05, 3.63) is 17.9 Å². The molecular formula is C14H24N2O3S. The molecule has 0 aliphatic heterocycles. The summed E-state index contributed by atoms with van der Waals surface area (Å²) < 4.78 is 30.4. The summed E-state index contributed by atoms with van der Waals surface area (Å²) in [7, 11) is -0.480. The van der Waals surface area contributed by atoms with E-state index in [0.29, 0.717) is 23.8 Å². The Morgan fingerprint density at radius 3 is 2.65 bits per heavy atom. The van der Waals surface area contributed by atoms with Crippen LogP contribution in [-0.4, -0.2) is 32.9 Å². The molecule has 1 N–H and O–H groups in total. The van der Waals surface area contributed by atoms with Crippen molar-refractivity contribution in [2.75, 3.05) is 14.1 Å². The fraction of sp³-hybridized carbons (Fsp3) is 0.714. The van der Waals surface area contributed by atoms with E-state index in [1.807, 2.05) is 0 Å². The van der Waals surface area contributed by atoms with Crippen LogP contribution in [0.4, 0.5) is 0 Å². The van der Waals surface area contributed by atoms with Crippen molar-refractivity contribution in [3.63, 3.8) is 0 Å². The van der Waals surface area contributed by atoms with Crippen LogP contribution < -0.4 is 5.32 Å². The average molecular weight is 300 g/mol. The number of nitrogens with one attached hydrogen (secondary N) is 1. The Morgan fingerprint density at radius 2 is 2.10 bits per heavy atom. The molecule has 1 unspecified atom stereocenters. The molecule has 20 heavy (non-hydrogen) atoms. The molecule has 1 saturated carbocycles. The number of furan rings is 1. The molecule has 1 atom stereocenters. The second kappa shape index (κ2) is 5.50. The molecule has 0 radical (unpaired) electrons. The third-order valence-electron chi connectivity index (χ3n) is 3.91. The number of hydrogen-bond donors (Lipinski definition) is 1. The number of sulfonamides is 1. The molecule has 0 saturated heterocycles. The van der Waals surface area contributed by atoms with Crippen LogP contribution in [-0.2, 0) is 16.6 Å². The van der Waals surface area contributed by atoms with Crippen LogP contribution in [0.3, 0.4) is 0 Å². The minimum atomic E-state index is -3.47. The SMILES string of the molecule is CN(C)S(=O)(=O)c1ccc(CNC2CCC(C)(C)C2)o1. The highest BCUT2D eigenvalue weighted by Gasteiger charge is 2.30. The molecule has 0 bridgehead atoms. The summed E-state index contributed by atoms with van der Waals surface area (Å²) in [4.78, 5) is 0. The molecule has 1 fully saturated rings. The van der Waals surface area contributed by atoms with Crippen molar-refractivity contribution in [3.8, 4) is 0 Å². The Labute approximate surface area is 121 Å². The summed E-state index contributed by atoms with van der Waals surface area (Å²) in [5.41, 5.74) is 0.403. The zero-order chi connectivity index (χ0) is 15.0. The molecular weight excluding hydrogens is 276 g/mol. The Kier molecular flexibility index (Phi) is 4.27. The summed E-state index contributed by atoms with van der Waals surface area (Å²) in [6, 6.07) is 3.73. The van der Waals surface area contributed by atoms with E-state index in [9.17, 15) is 8.42 Å². The van der Waals surface area contributed by atoms with E-state index < -0.39 is 10.0 Å². The standard InChI is InChI=1S/C14H24N2O3S/c1-14(2)8-7-11(9-14)15-10-12-5-6-13(19-12)20(17,18)16(3)4/h5-6,11,15H,7-10H2,1-4H3. The predicted octanol–water partition coefficient (Wildman–Crippen LogP) is 2.20. The first-order valence-corrected chi connectivity index (χ1v) is 8.39. The van der Waals surface area contributed by atoms with Crippen LogP contribution in [0.15, 0.2) is 21.6 Å². The first-order valence-electron chi connectivity index (χ1n) is 6.95. The van der Waals surface area contributed by atoms with Gasteiger partial charge in [0.15, 0.2) is 0 Å². The van der Waals surface area contributed by atoms with Gasteiger partial charge in [0.1, 0.15) is 5.76 Å². The van der Waals surface area contributed by atoms with Crippen LogP contribution in [0.25, 0.3) is 0 Å². The Morgan fingerprint density at radius 1 is 1.40 bits per heavy atom. The summed E-state index contributed by atoms with van der Waals surface area (Å²) in [6.45, 7) is 5.14. The van der Waals surface area contributed by atoms with E-state index in [0.717, 1.165) is 17.1 Å². The molecule has 0 amide bonds. The van der Waals surface area contributed by atoms with Crippen molar-refractivity contribution >= 4 is 10.0 Å². The number of rotatable bonds is 5. The highest BCUT2D eigenvalue weighted by Crippen LogP contribution is 2.37. The normalized spacial score (nSPS) is 22.6. The molecule has 5 nitrogen and oxygen atoms in total. The van der Waals surface area contributed by atoms with E-state index in [1.54, 1.807) is 6.07 Å². The van der Waals surface area contributed by atoms with Crippen LogP contribution in [0, 0.1) is 5.41 Å². The van der Waals surface area contributed by atoms with Gasteiger partial charge in [-0.25, -0.2) is 12.7 Å². The minimum absolute atomic E-state index is 0.00560. The summed E-state index contributed by atoms with van der Waals surface area (Å²) in [5, 5.41) is 3.45. The lowest BCUT2D eigenvalue weighted by atomic mass is 9.92. The van der Waals surface area contributed by atoms with Gasteiger partial charge in [-0.3, -0.25) is 0 Å². The van der Waals surface area contributed by atoms with Crippen molar-refractivity contribution in [2.24, 2.45) is 5.41 Å². The third-order valence-corrected chi connectivity index (χ3v) is 5.59. The van der Waals surface area contributed by atoms with Gasteiger partial charge in [-0.1, -0.05) is 13.8 Å². The lowest BCUT2D eigenvalue weighted by molar-refractivity contribution is 0.351. The zero-order valence-electron chi connectivity index (χ0n) is 12.6. The molecule has 0 aromatic carbocycles. The van der Waals surface area contributed by atoms with Gasteiger partial charge in [0, 0.05) is 20.1 Å². The van der Waals surface area contributed by atoms with E-state index in [1.165, 1.54) is 26.6 Å². The number of hydrogen-bond acceptors (Lipinski definition) is 4. The predicted molar refractivity (Wildman–Crippen MR) is 77.8 cm³/mol. The smallest absolute Gasteiger partial charge is 0.275 e. The van der Waals surface area contributed by atoms with Gasteiger partial charge in [0.2, 0.25) is 5.09 Å². The molecule has 1 aliphatic rings. The van der Waals surface area contributed by atoms with Crippen molar-refractivity contribution in [1.82, 2.24) is 9.62 Å². The summed E-state index contributed by atoms with van der Waals surface area (Å²) >= 11 is 0. The molecule has 1 aliphatic carbocycles. The van der Waals surface area contributed by atoms with Crippen molar-refractivity contribution in [1.29, 1.82) is 0 Å². The first kappa shape index (κ1) is 15.5. The minimum Gasteiger partial charge on any atom is -0.447 e. The van der Waals surface area contributed by atoms with Crippen LogP contribution >= 0.6 is 0 Å². The van der Waals surface area contributed by atoms with E-state index in [2.05, 4.69) is 19.2 Å². The van der Waals surface area contributed by atoms with Gasteiger partial charge in [0.05, 0.1) is 6.54 Å². The van der Waals surface area contributed by atoms with Gasteiger partial charge in [0.25, 0.3) is 10.0 Å². The molecule has 0 spiro atoms. The van der Waals surface area contributed by atoms with E-state index in [-0.39, 0.29) is 5.09 Å². The largest absolute Gasteiger partial charge is 0.447 e. The first-order chi connectivity index (χ1) is 9.21. The van der Waals surface area contributed by atoms with Gasteiger partial charge >= 0.3 is 0 Å². The third kappa shape index (κ3) is 3.42. The van der Waals surface area contributed by atoms with Crippen LogP contribution in [0.1, 0.15) is 38.9 Å².